The lowest BCUT2D eigenvalue weighted by Gasteiger charge is -2.26. The molecule has 3 aromatic carbocycles. The summed E-state index contributed by atoms with van der Waals surface area (Å²) in [5.41, 5.74) is 0.254. The Morgan fingerprint density at radius 2 is 1.63 bits per heavy atom. The van der Waals surface area contributed by atoms with Crippen LogP contribution in [0.4, 0.5) is 27.6 Å². The minimum atomic E-state index is -4.51. The minimum Gasteiger partial charge on any atom is -0.489 e. The van der Waals surface area contributed by atoms with Gasteiger partial charge in [0.05, 0.1) is 47.9 Å². The normalized spacial score (nSPS) is 17.6. The van der Waals surface area contributed by atoms with Crippen LogP contribution in [0.5, 0.6) is 5.75 Å². The fraction of sp³-hybridized carbons (Fsp3) is 0.355. The smallest absolute Gasteiger partial charge is 0.416 e. The van der Waals surface area contributed by atoms with Gasteiger partial charge in [0, 0.05) is 17.7 Å². The number of halogens is 5. The van der Waals surface area contributed by atoms with Gasteiger partial charge >= 0.3 is 18.8 Å². The molecule has 248 valence electrons. The summed E-state index contributed by atoms with van der Waals surface area (Å²) in [7, 11) is -3.48. The van der Waals surface area contributed by atoms with Gasteiger partial charge in [0.1, 0.15) is 11.9 Å². The van der Waals surface area contributed by atoms with Crippen LogP contribution in [-0.4, -0.2) is 63.1 Å². The molecule has 1 saturated heterocycles. The number of sulfone groups is 1. The molecule has 15 heteroatoms. The first kappa shape index (κ1) is 34.6. The van der Waals surface area contributed by atoms with E-state index in [0.29, 0.717) is 11.3 Å². The molecule has 1 heterocycles. The van der Waals surface area contributed by atoms with Crippen molar-refractivity contribution in [3.63, 3.8) is 0 Å². The van der Waals surface area contributed by atoms with E-state index in [1.165, 1.54) is 55.5 Å². The second-order valence-electron chi connectivity index (χ2n) is 10.5. The number of benzene rings is 3. The highest BCUT2D eigenvalue weighted by Gasteiger charge is 2.35. The van der Waals surface area contributed by atoms with Gasteiger partial charge in [0.15, 0.2) is 9.84 Å². The van der Waals surface area contributed by atoms with Crippen molar-refractivity contribution in [3.8, 4) is 5.75 Å². The molecule has 4 rings (SSSR count). The molecule has 0 aliphatic carbocycles. The first-order valence-corrected chi connectivity index (χ1v) is 15.8. The van der Waals surface area contributed by atoms with Crippen molar-refractivity contribution in [1.82, 2.24) is 5.32 Å². The van der Waals surface area contributed by atoms with Gasteiger partial charge in [-0.15, -0.1) is 0 Å². The lowest BCUT2D eigenvalue weighted by atomic mass is 10.0. The molecule has 0 saturated carbocycles. The SMILES string of the molecule is CCS(=O)(=O)c1ccc([C@H](CC(=O)O)NC(=O)c2ccc(N3CC(Oc4ccc(C(F)(F)F)cc4)C[C@H]3COC(F)F)cc2)cc1. The van der Waals surface area contributed by atoms with E-state index in [4.69, 9.17) is 4.74 Å². The van der Waals surface area contributed by atoms with Gasteiger partial charge in [0.2, 0.25) is 0 Å². The number of hydrogen-bond acceptors (Lipinski definition) is 7. The Labute approximate surface area is 261 Å². The number of carbonyl (C=O) groups is 2. The summed E-state index contributed by atoms with van der Waals surface area (Å²) in [6.07, 6.45) is -5.32. The molecule has 3 aromatic rings. The first-order valence-electron chi connectivity index (χ1n) is 14.1. The number of carboxylic acids is 1. The van der Waals surface area contributed by atoms with E-state index < -0.39 is 64.7 Å². The van der Waals surface area contributed by atoms with Crippen molar-refractivity contribution in [2.75, 3.05) is 23.8 Å². The number of carbonyl (C=O) groups excluding carboxylic acids is 1. The fourth-order valence-electron chi connectivity index (χ4n) is 5.08. The van der Waals surface area contributed by atoms with Gasteiger partial charge in [0.25, 0.3) is 5.91 Å². The summed E-state index contributed by atoms with van der Waals surface area (Å²) in [4.78, 5) is 26.4. The predicted molar refractivity (Wildman–Crippen MR) is 157 cm³/mol. The average molecular weight is 671 g/mol. The molecule has 1 unspecified atom stereocenters. The number of anilines is 1. The largest absolute Gasteiger partial charge is 0.489 e. The Morgan fingerprint density at radius 3 is 2.17 bits per heavy atom. The molecule has 1 fully saturated rings. The monoisotopic (exact) mass is 670 g/mol. The van der Waals surface area contributed by atoms with Crippen LogP contribution in [0.25, 0.3) is 0 Å². The zero-order valence-corrected chi connectivity index (χ0v) is 25.2. The van der Waals surface area contributed by atoms with Crippen LogP contribution >= 0.6 is 0 Å². The van der Waals surface area contributed by atoms with Gasteiger partial charge in [-0.05, 0) is 66.2 Å². The number of amides is 1. The first-order chi connectivity index (χ1) is 21.7. The van der Waals surface area contributed by atoms with Crippen LogP contribution in [0, 0.1) is 0 Å². The molecule has 9 nitrogen and oxygen atoms in total. The number of aliphatic carboxylic acids is 1. The minimum absolute atomic E-state index is 0.0703. The Bertz CT molecular complexity index is 1600. The highest BCUT2D eigenvalue weighted by Crippen LogP contribution is 2.33. The lowest BCUT2D eigenvalue weighted by molar-refractivity contribution is -0.138. The summed E-state index contributed by atoms with van der Waals surface area (Å²) in [5.74, 6) is -1.73. The third-order valence-electron chi connectivity index (χ3n) is 7.44. The Kier molecular flexibility index (Phi) is 10.9. The van der Waals surface area contributed by atoms with Crippen LogP contribution in [0.15, 0.2) is 77.7 Å². The number of carboxylic acid groups (broad SMARTS) is 1. The molecule has 46 heavy (non-hydrogen) atoms. The molecule has 1 aliphatic rings. The summed E-state index contributed by atoms with van der Waals surface area (Å²) >= 11 is 0. The van der Waals surface area contributed by atoms with Crippen molar-refractivity contribution in [2.24, 2.45) is 0 Å². The standard InChI is InChI=1S/C31H31F5N2O7S/c1-2-46(42,43)26-13-5-19(6-14-26)27(16-28(39)40)37-29(41)20-3-9-22(10-4-20)38-17-25(15-23(38)18-44-30(32)33)45-24-11-7-21(8-12-24)31(34,35)36/h3-14,23,25,27,30H,2,15-18H2,1H3,(H,37,41)(H,39,40)/t23-,25?,27-/m0/s1. The maximum Gasteiger partial charge on any atom is 0.416 e. The maximum atomic E-state index is 13.1. The van der Waals surface area contributed by atoms with Gasteiger partial charge in [-0.25, -0.2) is 8.42 Å². The van der Waals surface area contributed by atoms with Crippen molar-refractivity contribution in [1.29, 1.82) is 0 Å². The summed E-state index contributed by atoms with van der Waals surface area (Å²) in [5, 5.41) is 12.1. The van der Waals surface area contributed by atoms with Crippen molar-refractivity contribution in [3.05, 3.63) is 89.5 Å². The summed E-state index contributed by atoms with van der Waals surface area (Å²) in [6.45, 7) is -1.69. The number of rotatable bonds is 13. The van der Waals surface area contributed by atoms with E-state index >= 15 is 0 Å². The van der Waals surface area contributed by atoms with Crippen molar-refractivity contribution >= 4 is 27.4 Å². The van der Waals surface area contributed by atoms with E-state index in [-0.39, 0.29) is 41.5 Å². The van der Waals surface area contributed by atoms with Gasteiger partial charge in [-0.3, -0.25) is 9.59 Å². The topological polar surface area (TPSA) is 122 Å². The third kappa shape index (κ3) is 8.94. The second kappa shape index (κ2) is 14.5. The van der Waals surface area contributed by atoms with Crippen molar-refractivity contribution in [2.45, 2.75) is 55.6 Å². The highest BCUT2D eigenvalue weighted by atomic mass is 32.2. The predicted octanol–water partition coefficient (Wildman–Crippen LogP) is 5.71. The molecule has 0 spiro atoms. The lowest BCUT2D eigenvalue weighted by Crippen LogP contribution is -2.34. The summed E-state index contributed by atoms with van der Waals surface area (Å²) < 4.78 is 99.1. The van der Waals surface area contributed by atoms with E-state index in [2.05, 4.69) is 10.1 Å². The van der Waals surface area contributed by atoms with E-state index in [1.54, 1.807) is 17.0 Å². The van der Waals surface area contributed by atoms with E-state index in [1.807, 2.05) is 0 Å². The molecular weight excluding hydrogens is 639 g/mol. The molecular formula is C31H31F5N2O7S. The van der Waals surface area contributed by atoms with Crippen LogP contribution in [0.3, 0.4) is 0 Å². The van der Waals surface area contributed by atoms with E-state index in [0.717, 1.165) is 12.1 Å². The number of hydrogen-bond donors (Lipinski definition) is 2. The molecule has 1 aliphatic heterocycles. The van der Waals surface area contributed by atoms with Crippen LogP contribution in [-0.2, 0) is 25.5 Å². The van der Waals surface area contributed by atoms with Crippen molar-refractivity contribution < 1.29 is 54.5 Å². The van der Waals surface area contributed by atoms with E-state index in [9.17, 15) is 45.1 Å². The quantitative estimate of drug-likeness (QED) is 0.222. The number of ether oxygens (including phenoxy) is 2. The highest BCUT2D eigenvalue weighted by molar-refractivity contribution is 7.91. The zero-order chi connectivity index (χ0) is 33.6. The third-order valence-corrected chi connectivity index (χ3v) is 9.19. The zero-order valence-electron chi connectivity index (χ0n) is 24.4. The molecule has 0 aromatic heterocycles. The fourth-order valence-corrected chi connectivity index (χ4v) is 5.96. The number of alkyl halides is 5. The molecule has 1 amide bonds. The van der Waals surface area contributed by atoms with Gasteiger partial charge < -0.3 is 24.8 Å². The Morgan fingerprint density at radius 1 is 1.00 bits per heavy atom. The van der Waals surface area contributed by atoms with Crippen LogP contribution in [0.2, 0.25) is 0 Å². The average Bonchev–Trinajstić information content (AvgIpc) is 3.41. The number of nitrogens with zero attached hydrogens (tertiary/aromatic N) is 1. The van der Waals surface area contributed by atoms with Crippen LogP contribution < -0.4 is 15.0 Å². The molecule has 3 atom stereocenters. The molecule has 0 radical (unpaired) electrons. The van der Waals surface area contributed by atoms with Gasteiger partial charge in [-0.2, -0.15) is 22.0 Å². The Balaban J connectivity index is 1.47. The molecule has 0 bridgehead atoms. The second-order valence-corrected chi connectivity index (χ2v) is 12.8. The van der Waals surface area contributed by atoms with Crippen LogP contribution in [0.1, 0.15) is 47.3 Å². The maximum absolute atomic E-state index is 13.1. The van der Waals surface area contributed by atoms with Gasteiger partial charge in [-0.1, -0.05) is 19.1 Å². The summed E-state index contributed by atoms with van der Waals surface area (Å²) in [6, 6.07) is 14.2. The Hall–Kier alpha value is -4.24. The molecule has 2 N–H and O–H groups in total. The number of nitrogens with one attached hydrogen (secondary N) is 1.